The summed E-state index contributed by atoms with van der Waals surface area (Å²) >= 11 is 5.82. The third kappa shape index (κ3) is 3.23. The van der Waals surface area contributed by atoms with Crippen LogP contribution in [0.4, 0.5) is 15.8 Å². The largest absolute Gasteiger partial charge is 0.399 e. The molecule has 0 aliphatic heterocycles. The van der Waals surface area contributed by atoms with Gasteiger partial charge in [0.25, 0.3) is 5.91 Å². The predicted octanol–water partition coefficient (Wildman–Crippen LogP) is 3.62. The zero-order valence-electron chi connectivity index (χ0n) is 10.2. The van der Waals surface area contributed by atoms with E-state index in [2.05, 4.69) is 5.32 Å². The first-order valence-electron chi connectivity index (χ1n) is 5.59. The molecule has 2 aromatic carbocycles. The van der Waals surface area contributed by atoms with Crippen molar-refractivity contribution in [3.05, 3.63) is 58.4 Å². The minimum absolute atomic E-state index is 0.325. The number of carbonyl (C=O) groups is 1. The van der Waals surface area contributed by atoms with Crippen molar-refractivity contribution in [1.82, 2.24) is 0 Å². The molecular formula is C14H12ClFN2O. The fourth-order valence-electron chi connectivity index (χ4n) is 1.62. The molecule has 0 fully saturated rings. The van der Waals surface area contributed by atoms with Crippen LogP contribution < -0.4 is 11.1 Å². The summed E-state index contributed by atoms with van der Waals surface area (Å²) in [6, 6.07) is 9.04. The maximum atomic E-state index is 13.4. The van der Waals surface area contributed by atoms with E-state index in [-0.39, 0.29) is 5.82 Å². The number of aryl methyl sites for hydroxylation is 1. The number of nitrogens with two attached hydrogens (primary N) is 1. The number of amides is 1. The Kier molecular flexibility index (Phi) is 3.71. The first-order valence-corrected chi connectivity index (χ1v) is 5.97. The third-order valence-electron chi connectivity index (χ3n) is 2.61. The molecule has 1 amide bonds. The molecule has 0 spiro atoms. The highest BCUT2D eigenvalue weighted by Crippen LogP contribution is 2.19. The van der Waals surface area contributed by atoms with Gasteiger partial charge in [-0.1, -0.05) is 17.7 Å². The summed E-state index contributed by atoms with van der Waals surface area (Å²) in [6.07, 6.45) is 0. The molecule has 2 rings (SSSR count). The van der Waals surface area contributed by atoms with E-state index in [1.54, 1.807) is 25.1 Å². The second-order valence-electron chi connectivity index (χ2n) is 4.19. The van der Waals surface area contributed by atoms with Gasteiger partial charge in [0, 0.05) is 22.0 Å². The number of nitrogens with one attached hydrogen (secondary N) is 1. The molecule has 0 aliphatic carbocycles. The number of carbonyl (C=O) groups excluding carboxylic acids is 1. The van der Waals surface area contributed by atoms with Crippen molar-refractivity contribution in [3.63, 3.8) is 0 Å². The Bertz CT molecular complexity index is 623. The van der Waals surface area contributed by atoms with Gasteiger partial charge in [0.05, 0.1) is 0 Å². The molecule has 0 aromatic heterocycles. The number of benzene rings is 2. The lowest BCUT2D eigenvalue weighted by Gasteiger charge is -2.07. The van der Waals surface area contributed by atoms with Crippen LogP contribution >= 0.6 is 11.6 Å². The van der Waals surface area contributed by atoms with Crippen LogP contribution in [0.15, 0.2) is 36.4 Å². The minimum atomic E-state index is -0.391. The molecule has 3 N–H and O–H groups in total. The summed E-state index contributed by atoms with van der Waals surface area (Å²) in [5.74, 6) is -0.763. The van der Waals surface area contributed by atoms with E-state index in [0.29, 0.717) is 27.5 Å². The van der Waals surface area contributed by atoms with Gasteiger partial charge in [-0.05, 0) is 42.8 Å². The summed E-state index contributed by atoms with van der Waals surface area (Å²) in [7, 11) is 0. The van der Waals surface area contributed by atoms with Crippen molar-refractivity contribution in [1.29, 1.82) is 0 Å². The molecule has 5 heteroatoms. The molecule has 0 radical (unpaired) electrons. The molecule has 19 heavy (non-hydrogen) atoms. The van der Waals surface area contributed by atoms with E-state index in [4.69, 9.17) is 17.3 Å². The van der Waals surface area contributed by atoms with Crippen molar-refractivity contribution in [2.75, 3.05) is 11.1 Å². The number of hydrogen-bond donors (Lipinski definition) is 2. The zero-order chi connectivity index (χ0) is 14.0. The molecule has 0 bridgehead atoms. The average Bonchev–Trinajstić information content (AvgIpc) is 2.32. The lowest BCUT2D eigenvalue weighted by molar-refractivity contribution is 0.102. The Morgan fingerprint density at radius 2 is 2.00 bits per heavy atom. The van der Waals surface area contributed by atoms with E-state index >= 15 is 0 Å². The van der Waals surface area contributed by atoms with Crippen LogP contribution in [0.1, 0.15) is 15.9 Å². The van der Waals surface area contributed by atoms with Gasteiger partial charge >= 0.3 is 0 Å². The Morgan fingerprint density at radius 1 is 1.26 bits per heavy atom. The van der Waals surface area contributed by atoms with Gasteiger partial charge in [-0.3, -0.25) is 4.79 Å². The second-order valence-corrected chi connectivity index (χ2v) is 4.63. The summed E-state index contributed by atoms with van der Waals surface area (Å²) in [4.78, 5) is 12.0. The molecule has 0 heterocycles. The molecule has 0 atom stereocenters. The number of hydrogen-bond acceptors (Lipinski definition) is 2. The van der Waals surface area contributed by atoms with Crippen molar-refractivity contribution in [2.24, 2.45) is 0 Å². The zero-order valence-corrected chi connectivity index (χ0v) is 11.0. The highest BCUT2D eigenvalue weighted by atomic mass is 35.5. The average molecular weight is 279 g/mol. The van der Waals surface area contributed by atoms with Crippen LogP contribution in [-0.4, -0.2) is 5.91 Å². The van der Waals surface area contributed by atoms with Crippen LogP contribution in [0.3, 0.4) is 0 Å². The van der Waals surface area contributed by atoms with E-state index in [1.807, 2.05) is 0 Å². The minimum Gasteiger partial charge on any atom is -0.399 e. The van der Waals surface area contributed by atoms with Gasteiger partial charge < -0.3 is 11.1 Å². The quantitative estimate of drug-likeness (QED) is 0.824. The number of anilines is 2. The van der Waals surface area contributed by atoms with Gasteiger partial charge in [-0.2, -0.15) is 0 Å². The van der Waals surface area contributed by atoms with Gasteiger partial charge in [0.1, 0.15) is 5.82 Å². The lowest BCUT2D eigenvalue weighted by Crippen LogP contribution is -2.12. The van der Waals surface area contributed by atoms with E-state index in [9.17, 15) is 9.18 Å². The third-order valence-corrected chi connectivity index (χ3v) is 2.83. The van der Waals surface area contributed by atoms with Gasteiger partial charge in [-0.15, -0.1) is 0 Å². The summed E-state index contributed by atoms with van der Waals surface area (Å²) in [5, 5.41) is 2.96. The fraction of sp³-hybridized carbons (Fsp3) is 0.0714. The van der Waals surface area contributed by atoms with Gasteiger partial charge in [0.2, 0.25) is 0 Å². The van der Waals surface area contributed by atoms with Crippen LogP contribution in [0, 0.1) is 12.7 Å². The van der Waals surface area contributed by atoms with Gasteiger partial charge in [-0.25, -0.2) is 4.39 Å². The Morgan fingerprint density at radius 3 is 2.63 bits per heavy atom. The molecule has 98 valence electrons. The van der Waals surface area contributed by atoms with Crippen LogP contribution in [-0.2, 0) is 0 Å². The van der Waals surface area contributed by atoms with E-state index in [0.717, 1.165) is 0 Å². The van der Waals surface area contributed by atoms with Crippen LogP contribution in [0.2, 0.25) is 5.02 Å². The maximum Gasteiger partial charge on any atom is 0.255 e. The van der Waals surface area contributed by atoms with E-state index in [1.165, 1.54) is 18.2 Å². The fourth-order valence-corrected chi connectivity index (χ4v) is 1.86. The molecule has 0 unspecified atom stereocenters. The number of halogens is 2. The second kappa shape index (κ2) is 5.28. The van der Waals surface area contributed by atoms with E-state index < -0.39 is 5.91 Å². The Labute approximate surface area is 115 Å². The summed E-state index contributed by atoms with van der Waals surface area (Å²) < 4.78 is 13.4. The highest BCUT2D eigenvalue weighted by Gasteiger charge is 2.09. The summed E-state index contributed by atoms with van der Waals surface area (Å²) in [5.41, 5.74) is 7.23. The van der Waals surface area contributed by atoms with Gasteiger partial charge in [0.15, 0.2) is 0 Å². The predicted molar refractivity (Wildman–Crippen MR) is 75.0 cm³/mol. The van der Waals surface area contributed by atoms with Crippen LogP contribution in [0.25, 0.3) is 0 Å². The SMILES string of the molecule is Cc1ccc(NC(=O)c2cc(N)cc(Cl)c2)cc1F. The topological polar surface area (TPSA) is 55.1 Å². The molecular weight excluding hydrogens is 267 g/mol. The number of rotatable bonds is 2. The molecule has 3 nitrogen and oxygen atoms in total. The Balaban J connectivity index is 2.22. The normalized spacial score (nSPS) is 10.3. The first-order chi connectivity index (χ1) is 8.95. The van der Waals surface area contributed by atoms with Crippen molar-refractivity contribution in [2.45, 2.75) is 6.92 Å². The maximum absolute atomic E-state index is 13.4. The standard InChI is InChI=1S/C14H12ClFN2O/c1-8-2-3-12(7-13(8)16)18-14(19)9-4-10(15)6-11(17)5-9/h2-7H,17H2,1H3,(H,18,19). The van der Waals surface area contributed by atoms with Crippen LogP contribution in [0.5, 0.6) is 0 Å². The smallest absolute Gasteiger partial charge is 0.255 e. The van der Waals surface area contributed by atoms with Crippen molar-refractivity contribution in [3.8, 4) is 0 Å². The summed E-state index contributed by atoms with van der Waals surface area (Å²) in [6.45, 7) is 1.65. The molecule has 0 aliphatic rings. The monoisotopic (exact) mass is 278 g/mol. The lowest BCUT2D eigenvalue weighted by atomic mass is 10.1. The van der Waals surface area contributed by atoms with Crippen molar-refractivity contribution < 1.29 is 9.18 Å². The highest BCUT2D eigenvalue weighted by molar-refractivity contribution is 6.31. The Hall–Kier alpha value is -2.07. The molecule has 0 saturated heterocycles. The number of nitrogen functional groups attached to an aromatic ring is 1. The van der Waals surface area contributed by atoms with Crippen molar-refractivity contribution >= 4 is 28.9 Å². The first kappa shape index (κ1) is 13.4. The molecule has 0 saturated carbocycles. The molecule has 2 aromatic rings.